The van der Waals surface area contributed by atoms with E-state index >= 15 is 0 Å². The molecule has 132 valence electrons. The second-order valence-corrected chi connectivity index (χ2v) is 6.41. The molecule has 0 atom stereocenters. The number of rotatable bonds is 1. The molecule has 0 unspecified atom stereocenters. The van der Waals surface area contributed by atoms with Gasteiger partial charge in [-0.1, -0.05) is 30.4 Å². The zero-order valence-electron chi connectivity index (χ0n) is 13.7. The molecule has 0 fully saturated rings. The SMILES string of the molecule is Cc1nnc2n1-c1ccc(C(F)(F)F)cc1N(c1ccccc1)C(=S)C2. The maximum absolute atomic E-state index is 13.3. The predicted molar refractivity (Wildman–Crippen MR) is 96.0 cm³/mol. The number of nitrogens with zero attached hydrogens (tertiary/aromatic N) is 4. The number of hydrogen-bond acceptors (Lipinski definition) is 3. The first-order valence-corrected chi connectivity index (χ1v) is 8.27. The molecule has 3 aromatic rings. The van der Waals surface area contributed by atoms with Gasteiger partial charge in [0.15, 0.2) is 0 Å². The lowest BCUT2D eigenvalue weighted by Crippen LogP contribution is -2.25. The van der Waals surface area contributed by atoms with Gasteiger partial charge >= 0.3 is 6.18 Å². The van der Waals surface area contributed by atoms with Crippen molar-refractivity contribution < 1.29 is 13.2 Å². The lowest BCUT2D eigenvalue weighted by molar-refractivity contribution is -0.137. The van der Waals surface area contributed by atoms with E-state index in [2.05, 4.69) is 10.2 Å². The topological polar surface area (TPSA) is 34.0 Å². The second-order valence-electron chi connectivity index (χ2n) is 5.94. The largest absolute Gasteiger partial charge is 0.416 e. The van der Waals surface area contributed by atoms with Gasteiger partial charge in [-0.15, -0.1) is 10.2 Å². The summed E-state index contributed by atoms with van der Waals surface area (Å²) in [6.07, 6.45) is -4.14. The molecule has 2 heterocycles. The van der Waals surface area contributed by atoms with Gasteiger partial charge in [0.1, 0.15) is 11.6 Å². The highest BCUT2D eigenvalue weighted by Gasteiger charge is 2.34. The van der Waals surface area contributed by atoms with Crippen molar-refractivity contribution in [2.75, 3.05) is 4.90 Å². The highest BCUT2D eigenvalue weighted by molar-refractivity contribution is 7.80. The Bertz CT molecular complexity index is 995. The van der Waals surface area contributed by atoms with Crippen molar-refractivity contribution in [3.05, 3.63) is 65.7 Å². The van der Waals surface area contributed by atoms with Gasteiger partial charge in [-0.25, -0.2) is 0 Å². The number of benzene rings is 2. The van der Waals surface area contributed by atoms with Gasteiger partial charge in [-0.3, -0.25) is 4.57 Å². The molecular weight excluding hydrogens is 361 g/mol. The van der Waals surface area contributed by atoms with E-state index in [1.165, 1.54) is 6.07 Å². The quantitative estimate of drug-likeness (QED) is 0.582. The zero-order chi connectivity index (χ0) is 18.5. The van der Waals surface area contributed by atoms with E-state index in [1.54, 1.807) is 16.4 Å². The number of aromatic nitrogens is 3. The highest BCUT2D eigenvalue weighted by atomic mass is 32.1. The summed E-state index contributed by atoms with van der Waals surface area (Å²) < 4.78 is 41.7. The average Bonchev–Trinajstić information content (AvgIpc) is 2.89. The minimum atomic E-state index is -4.45. The Kier molecular flexibility index (Phi) is 3.80. The first kappa shape index (κ1) is 16.7. The minimum absolute atomic E-state index is 0.307. The molecule has 0 bridgehead atoms. The number of thiocarbonyl (C=S) groups is 1. The molecule has 0 saturated carbocycles. The van der Waals surface area contributed by atoms with Crippen molar-refractivity contribution in [1.82, 2.24) is 14.8 Å². The van der Waals surface area contributed by atoms with E-state index in [0.29, 0.717) is 40.1 Å². The molecule has 1 aromatic heterocycles. The van der Waals surface area contributed by atoms with Crippen LogP contribution in [0.2, 0.25) is 0 Å². The van der Waals surface area contributed by atoms with Crippen molar-refractivity contribution in [3.63, 3.8) is 0 Å². The first-order valence-electron chi connectivity index (χ1n) is 7.87. The van der Waals surface area contributed by atoms with Crippen LogP contribution in [0, 0.1) is 6.92 Å². The van der Waals surface area contributed by atoms with Crippen LogP contribution < -0.4 is 4.90 Å². The number of anilines is 2. The standard InChI is InChI=1S/C18H13F3N4S/c1-11-22-23-16-10-17(26)25(13-5-3-2-4-6-13)15-9-12(18(19,20)21)7-8-14(15)24(11)16/h2-9H,10H2,1H3. The highest BCUT2D eigenvalue weighted by Crippen LogP contribution is 2.40. The summed E-state index contributed by atoms with van der Waals surface area (Å²) in [5.41, 5.74) is 0.903. The summed E-state index contributed by atoms with van der Waals surface area (Å²) in [5.74, 6) is 1.20. The Balaban J connectivity index is 2.02. The second kappa shape index (κ2) is 5.91. The van der Waals surface area contributed by atoms with Crippen LogP contribution in [0.3, 0.4) is 0 Å². The van der Waals surface area contributed by atoms with Crippen molar-refractivity contribution in [2.45, 2.75) is 19.5 Å². The third-order valence-electron chi connectivity index (χ3n) is 4.25. The summed E-state index contributed by atoms with van der Waals surface area (Å²) in [7, 11) is 0. The Morgan fingerprint density at radius 3 is 2.42 bits per heavy atom. The smallest absolute Gasteiger partial charge is 0.302 e. The maximum Gasteiger partial charge on any atom is 0.416 e. The molecule has 0 radical (unpaired) electrons. The monoisotopic (exact) mass is 374 g/mol. The van der Waals surface area contributed by atoms with Crippen molar-refractivity contribution >= 4 is 28.6 Å². The van der Waals surface area contributed by atoms with Crippen LogP contribution in [0.1, 0.15) is 17.2 Å². The Hall–Kier alpha value is -2.74. The molecule has 2 aromatic carbocycles. The van der Waals surface area contributed by atoms with Crippen molar-refractivity contribution in [2.24, 2.45) is 0 Å². The number of para-hydroxylation sites is 1. The average molecular weight is 374 g/mol. The maximum atomic E-state index is 13.3. The van der Waals surface area contributed by atoms with E-state index in [0.717, 1.165) is 12.1 Å². The summed E-state index contributed by atoms with van der Waals surface area (Å²) in [4.78, 5) is 2.14. The molecule has 4 nitrogen and oxygen atoms in total. The molecule has 8 heteroatoms. The van der Waals surface area contributed by atoms with Crippen LogP contribution in [0.15, 0.2) is 48.5 Å². The summed E-state index contributed by atoms with van der Waals surface area (Å²) in [6, 6.07) is 12.8. The number of halogens is 3. The molecule has 1 aliphatic heterocycles. The number of hydrogen-bond donors (Lipinski definition) is 0. The Labute approximate surface area is 152 Å². The third-order valence-corrected chi connectivity index (χ3v) is 4.58. The summed E-state index contributed by atoms with van der Waals surface area (Å²) in [5, 5.41) is 8.20. The van der Waals surface area contributed by atoms with Gasteiger partial charge in [0.2, 0.25) is 0 Å². The molecule has 4 rings (SSSR count). The molecule has 0 amide bonds. The molecule has 0 saturated heterocycles. The number of alkyl halides is 3. The van der Waals surface area contributed by atoms with Crippen LogP contribution in [0.5, 0.6) is 0 Å². The molecule has 0 N–H and O–H groups in total. The molecular formula is C18H13F3N4S. The lowest BCUT2D eigenvalue weighted by Gasteiger charge is -2.26. The van der Waals surface area contributed by atoms with Gasteiger partial charge in [-0.2, -0.15) is 13.2 Å². The van der Waals surface area contributed by atoms with Gasteiger partial charge in [0, 0.05) is 5.69 Å². The van der Waals surface area contributed by atoms with Gasteiger partial charge in [0.25, 0.3) is 0 Å². The first-order chi connectivity index (χ1) is 12.4. The van der Waals surface area contributed by atoms with E-state index < -0.39 is 11.7 Å². The van der Waals surface area contributed by atoms with E-state index in [-0.39, 0.29) is 0 Å². The Morgan fingerprint density at radius 1 is 1.00 bits per heavy atom. The molecule has 0 aliphatic carbocycles. The third kappa shape index (κ3) is 2.66. The summed E-state index contributed by atoms with van der Waals surface area (Å²) in [6.45, 7) is 1.76. The van der Waals surface area contributed by atoms with E-state index in [4.69, 9.17) is 12.2 Å². The summed E-state index contributed by atoms with van der Waals surface area (Å²) >= 11 is 5.56. The molecule has 26 heavy (non-hydrogen) atoms. The number of aryl methyl sites for hydroxylation is 1. The fraction of sp³-hybridized carbons (Fsp3) is 0.167. The molecule has 1 aliphatic rings. The Morgan fingerprint density at radius 2 is 1.73 bits per heavy atom. The van der Waals surface area contributed by atoms with Crippen LogP contribution in [0.25, 0.3) is 5.69 Å². The van der Waals surface area contributed by atoms with Gasteiger partial charge < -0.3 is 4.90 Å². The van der Waals surface area contributed by atoms with Crippen LogP contribution in [0.4, 0.5) is 24.5 Å². The minimum Gasteiger partial charge on any atom is -0.302 e. The van der Waals surface area contributed by atoms with E-state index in [1.807, 2.05) is 30.3 Å². The van der Waals surface area contributed by atoms with Crippen LogP contribution >= 0.6 is 12.2 Å². The lowest BCUT2D eigenvalue weighted by atomic mass is 10.1. The van der Waals surface area contributed by atoms with Gasteiger partial charge in [-0.05, 0) is 37.3 Å². The normalized spacial score (nSPS) is 14.0. The van der Waals surface area contributed by atoms with Crippen LogP contribution in [-0.2, 0) is 12.6 Å². The van der Waals surface area contributed by atoms with Crippen molar-refractivity contribution in [1.29, 1.82) is 0 Å². The fourth-order valence-corrected chi connectivity index (χ4v) is 3.44. The molecule has 0 spiro atoms. The van der Waals surface area contributed by atoms with E-state index in [9.17, 15) is 13.2 Å². The number of fused-ring (bicyclic) bond motifs is 3. The fourth-order valence-electron chi connectivity index (χ4n) is 3.11. The predicted octanol–water partition coefficient (Wildman–Crippen LogP) is 4.62. The van der Waals surface area contributed by atoms with Gasteiger partial charge in [0.05, 0.1) is 28.3 Å². The van der Waals surface area contributed by atoms with Crippen molar-refractivity contribution in [3.8, 4) is 5.69 Å². The van der Waals surface area contributed by atoms with Crippen LogP contribution in [-0.4, -0.2) is 19.8 Å². The zero-order valence-corrected chi connectivity index (χ0v) is 14.5.